The van der Waals surface area contributed by atoms with Gasteiger partial charge in [0.25, 0.3) is 0 Å². The van der Waals surface area contributed by atoms with Gasteiger partial charge in [-0.1, -0.05) is 48.5 Å². The van der Waals surface area contributed by atoms with Gasteiger partial charge in [-0.2, -0.15) is 0 Å². The largest absolute Gasteiger partial charge is 0.472 e. The smallest absolute Gasteiger partial charge is 0.341 e. The Labute approximate surface area is 235 Å². The van der Waals surface area contributed by atoms with Gasteiger partial charge in [0.2, 0.25) is 0 Å². The van der Waals surface area contributed by atoms with E-state index in [0.29, 0.717) is 11.5 Å². The van der Waals surface area contributed by atoms with E-state index in [-0.39, 0.29) is 11.7 Å². The predicted molar refractivity (Wildman–Crippen MR) is 156 cm³/mol. The number of ether oxygens (including phenoxy) is 2. The van der Waals surface area contributed by atoms with Crippen LogP contribution >= 0.6 is 0 Å². The molecule has 0 radical (unpaired) electrons. The van der Waals surface area contributed by atoms with Gasteiger partial charge in [0.1, 0.15) is 5.75 Å². The summed E-state index contributed by atoms with van der Waals surface area (Å²) in [6.45, 7) is 4.24. The highest BCUT2D eigenvalue weighted by Gasteiger charge is 2.52. The van der Waals surface area contributed by atoms with Crippen molar-refractivity contribution in [2.75, 3.05) is 13.1 Å². The molecule has 2 fully saturated rings. The first-order valence-electron chi connectivity index (χ1n) is 15.1. The van der Waals surface area contributed by atoms with Gasteiger partial charge in [0.05, 0.1) is 5.56 Å². The quantitative estimate of drug-likeness (QED) is 0.281. The molecule has 0 saturated carbocycles. The highest BCUT2D eigenvalue weighted by Crippen LogP contribution is 2.50. The van der Waals surface area contributed by atoms with Crippen molar-refractivity contribution in [2.24, 2.45) is 5.92 Å². The highest BCUT2D eigenvalue weighted by molar-refractivity contribution is 6.07. The van der Waals surface area contributed by atoms with Gasteiger partial charge < -0.3 is 14.5 Å². The van der Waals surface area contributed by atoms with E-state index in [1.54, 1.807) is 0 Å². The molecule has 4 aliphatic rings. The number of carbonyl (C=O) groups is 1. The normalized spacial score (nSPS) is 24.1. The van der Waals surface area contributed by atoms with Gasteiger partial charge in [-0.25, -0.2) is 4.79 Å². The number of hydrogen-bond donors (Lipinski definition) is 1. The molecular weight excluding hydrogens is 496 g/mol. The minimum atomic E-state index is -0.431. The number of piperidine rings is 2. The van der Waals surface area contributed by atoms with E-state index in [1.807, 2.05) is 19.1 Å². The SMILES string of the molecule is Cc1[nH]c2ccc3c(c2c1C(=O)OC1c2ccccc2CCc2ccccc21)CC1CCCN2CCCCC12O3. The summed E-state index contributed by atoms with van der Waals surface area (Å²) >= 11 is 0. The molecule has 2 atom stereocenters. The molecule has 204 valence electrons. The third-order valence-electron chi connectivity index (χ3n) is 10.1. The lowest BCUT2D eigenvalue weighted by Crippen LogP contribution is -2.64. The zero-order valence-corrected chi connectivity index (χ0v) is 23.2. The van der Waals surface area contributed by atoms with E-state index in [2.05, 4.69) is 58.4 Å². The van der Waals surface area contributed by atoms with Crippen LogP contribution in [-0.4, -0.2) is 34.7 Å². The first-order chi connectivity index (χ1) is 19.6. The zero-order chi connectivity index (χ0) is 26.8. The van der Waals surface area contributed by atoms with E-state index < -0.39 is 6.10 Å². The van der Waals surface area contributed by atoms with Gasteiger partial charge >= 0.3 is 5.97 Å². The molecule has 40 heavy (non-hydrogen) atoms. The molecule has 1 spiro atoms. The van der Waals surface area contributed by atoms with Gasteiger partial charge in [0, 0.05) is 58.7 Å². The number of aryl methyl sites for hydroxylation is 3. The molecule has 0 bridgehead atoms. The summed E-state index contributed by atoms with van der Waals surface area (Å²) in [5, 5.41) is 0.984. The molecule has 8 rings (SSSR count). The van der Waals surface area contributed by atoms with E-state index in [0.717, 1.165) is 72.2 Å². The average molecular weight is 533 g/mol. The predicted octanol–water partition coefficient (Wildman–Crippen LogP) is 7.05. The fraction of sp³-hybridized carbons (Fsp3) is 0.400. The fourth-order valence-corrected chi connectivity index (χ4v) is 8.23. The lowest BCUT2D eigenvalue weighted by molar-refractivity contribution is -0.177. The van der Waals surface area contributed by atoms with Crippen LogP contribution in [-0.2, 0) is 24.0 Å². The van der Waals surface area contributed by atoms with E-state index in [9.17, 15) is 4.79 Å². The number of benzene rings is 3. The van der Waals surface area contributed by atoms with Gasteiger partial charge in [0.15, 0.2) is 11.8 Å². The third-order valence-corrected chi connectivity index (χ3v) is 10.1. The molecule has 0 amide bonds. The Bertz CT molecular complexity index is 1590. The molecule has 2 unspecified atom stereocenters. The van der Waals surface area contributed by atoms with Crippen molar-refractivity contribution < 1.29 is 14.3 Å². The first-order valence-corrected chi connectivity index (χ1v) is 15.1. The van der Waals surface area contributed by atoms with Gasteiger partial charge in [-0.3, -0.25) is 4.90 Å². The Balaban J connectivity index is 1.22. The van der Waals surface area contributed by atoms with Crippen LogP contribution in [0.15, 0.2) is 60.7 Å². The second kappa shape index (κ2) is 9.24. The molecule has 4 heterocycles. The molecule has 5 heteroatoms. The first kappa shape index (κ1) is 24.2. The lowest BCUT2D eigenvalue weighted by Gasteiger charge is -2.56. The summed E-state index contributed by atoms with van der Waals surface area (Å²) in [6, 6.07) is 21.0. The van der Waals surface area contributed by atoms with Crippen LogP contribution in [0.2, 0.25) is 0 Å². The fourth-order valence-electron chi connectivity index (χ4n) is 8.23. The molecular formula is C35H36N2O3. The highest BCUT2D eigenvalue weighted by atomic mass is 16.5. The third kappa shape index (κ3) is 3.60. The molecule has 3 aromatic carbocycles. The van der Waals surface area contributed by atoms with Crippen LogP contribution < -0.4 is 4.74 Å². The molecule has 2 saturated heterocycles. The minimum absolute atomic E-state index is 0.184. The topological polar surface area (TPSA) is 54.6 Å². The molecule has 5 nitrogen and oxygen atoms in total. The van der Waals surface area contributed by atoms with Gasteiger partial charge in [-0.15, -0.1) is 0 Å². The van der Waals surface area contributed by atoms with Crippen molar-refractivity contribution in [3.05, 3.63) is 99.7 Å². The number of aromatic nitrogens is 1. The van der Waals surface area contributed by atoms with Gasteiger partial charge in [-0.05, 0) is 75.1 Å². The van der Waals surface area contributed by atoms with E-state index in [4.69, 9.17) is 9.47 Å². The van der Waals surface area contributed by atoms with Crippen LogP contribution in [0.4, 0.5) is 0 Å². The second-order valence-electron chi connectivity index (χ2n) is 12.2. The van der Waals surface area contributed by atoms with Crippen LogP contribution in [0, 0.1) is 12.8 Å². The van der Waals surface area contributed by atoms with Crippen molar-refractivity contribution in [3.8, 4) is 5.75 Å². The van der Waals surface area contributed by atoms with Crippen molar-refractivity contribution in [3.63, 3.8) is 0 Å². The van der Waals surface area contributed by atoms with Crippen molar-refractivity contribution in [2.45, 2.75) is 70.1 Å². The number of aromatic amines is 1. The molecule has 4 aromatic rings. The zero-order valence-electron chi connectivity index (χ0n) is 23.2. The lowest BCUT2D eigenvalue weighted by atomic mass is 9.74. The van der Waals surface area contributed by atoms with Crippen molar-refractivity contribution in [1.82, 2.24) is 9.88 Å². The average Bonchev–Trinajstić information content (AvgIpc) is 3.25. The summed E-state index contributed by atoms with van der Waals surface area (Å²) in [5.41, 5.74) is 8.15. The maximum absolute atomic E-state index is 14.2. The van der Waals surface area contributed by atoms with Crippen LogP contribution in [0.1, 0.15) is 82.1 Å². The summed E-state index contributed by atoms with van der Waals surface area (Å²) < 4.78 is 13.5. The van der Waals surface area contributed by atoms with E-state index in [1.165, 1.54) is 42.4 Å². The Hall–Kier alpha value is -3.57. The van der Waals surface area contributed by atoms with Crippen LogP contribution in [0.5, 0.6) is 5.75 Å². The second-order valence-corrected chi connectivity index (χ2v) is 12.2. The maximum atomic E-state index is 14.2. The molecule has 1 aromatic heterocycles. The number of fused-ring (bicyclic) bond motifs is 5. The molecule has 3 aliphatic heterocycles. The van der Waals surface area contributed by atoms with E-state index >= 15 is 0 Å². The van der Waals surface area contributed by atoms with Crippen molar-refractivity contribution >= 4 is 16.9 Å². The van der Waals surface area contributed by atoms with Crippen LogP contribution in [0.25, 0.3) is 10.9 Å². The van der Waals surface area contributed by atoms with Crippen molar-refractivity contribution in [1.29, 1.82) is 0 Å². The number of nitrogens with zero attached hydrogens (tertiary/aromatic N) is 1. The number of carbonyl (C=O) groups excluding carboxylic acids is 1. The number of H-pyrrole nitrogens is 1. The summed E-state index contributed by atoms with van der Waals surface area (Å²) in [7, 11) is 0. The Morgan fingerprint density at radius 3 is 2.45 bits per heavy atom. The summed E-state index contributed by atoms with van der Waals surface area (Å²) in [6.07, 6.45) is 8.34. The maximum Gasteiger partial charge on any atom is 0.341 e. The standard InChI is InChI=1S/C35H36N2O3/c1-22-31(34(38)39-33-26-12-4-2-9-23(26)14-15-24-10-3-5-13-27(24)33)32-28-21-25-11-8-20-37-19-7-6-18-35(25,37)40-30(28)17-16-29(32)36-22/h2-5,9-10,12-13,16-17,25,33,36H,6-8,11,14-15,18-21H2,1H3. The Morgan fingerprint density at radius 2 is 1.68 bits per heavy atom. The molecule has 1 N–H and O–H groups in total. The number of hydrogen-bond acceptors (Lipinski definition) is 4. The number of esters is 1. The Morgan fingerprint density at radius 1 is 0.950 bits per heavy atom. The number of nitrogens with one attached hydrogen (secondary N) is 1. The molecule has 1 aliphatic carbocycles. The Kier molecular flexibility index (Phi) is 5.60. The summed E-state index contributed by atoms with van der Waals surface area (Å²) in [5.74, 6) is 1.12. The summed E-state index contributed by atoms with van der Waals surface area (Å²) in [4.78, 5) is 20.4. The van der Waals surface area contributed by atoms with Crippen LogP contribution in [0.3, 0.4) is 0 Å². The minimum Gasteiger partial charge on any atom is -0.472 e. The monoisotopic (exact) mass is 532 g/mol. The number of rotatable bonds is 2.